The van der Waals surface area contributed by atoms with E-state index in [9.17, 15) is 14.4 Å². The summed E-state index contributed by atoms with van der Waals surface area (Å²) in [4.78, 5) is 40.4. The third-order valence-corrected chi connectivity index (χ3v) is 5.77. The Morgan fingerprint density at radius 2 is 1.93 bits per heavy atom. The van der Waals surface area contributed by atoms with Crippen molar-refractivity contribution in [2.45, 2.75) is 45.1 Å². The van der Waals surface area contributed by atoms with E-state index in [1.54, 1.807) is 13.0 Å². The first-order valence-corrected chi connectivity index (χ1v) is 9.97. The van der Waals surface area contributed by atoms with E-state index in [0.717, 1.165) is 25.7 Å². The fourth-order valence-corrected chi connectivity index (χ4v) is 4.02. The van der Waals surface area contributed by atoms with Crippen LogP contribution < -0.4 is 5.32 Å². The van der Waals surface area contributed by atoms with Gasteiger partial charge in [0.25, 0.3) is 5.91 Å². The smallest absolute Gasteiger partial charge is 0.410 e. The molecule has 3 rings (SSSR count). The van der Waals surface area contributed by atoms with Crippen molar-refractivity contribution in [2.75, 3.05) is 33.3 Å². The largest absolute Gasteiger partial charge is 0.469 e. The van der Waals surface area contributed by atoms with Crippen LogP contribution in [0.5, 0.6) is 0 Å². The fourth-order valence-electron chi connectivity index (χ4n) is 4.02. The van der Waals surface area contributed by atoms with Crippen molar-refractivity contribution in [3.63, 3.8) is 0 Å². The first-order valence-electron chi connectivity index (χ1n) is 9.97. The van der Waals surface area contributed by atoms with E-state index in [1.165, 1.54) is 18.3 Å². The number of furan rings is 1. The summed E-state index contributed by atoms with van der Waals surface area (Å²) in [7, 11) is 1.34. The molecule has 2 aliphatic heterocycles. The molecule has 3 amide bonds. The van der Waals surface area contributed by atoms with Crippen LogP contribution in [0.1, 0.15) is 48.2 Å². The zero-order valence-corrected chi connectivity index (χ0v) is 16.6. The van der Waals surface area contributed by atoms with Crippen molar-refractivity contribution in [1.82, 2.24) is 15.1 Å². The molecule has 0 radical (unpaired) electrons. The lowest BCUT2D eigenvalue weighted by Gasteiger charge is -2.35. The number of nitrogens with one attached hydrogen (secondary N) is 1. The highest BCUT2D eigenvalue weighted by atomic mass is 16.5. The van der Waals surface area contributed by atoms with Crippen molar-refractivity contribution in [1.29, 1.82) is 0 Å². The number of nitrogens with zero attached hydrogens (tertiary/aromatic N) is 2. The lowest BCUT2D eigenvalue weighted by molar-refractivity contribution is -0.127. The number of rotatable bonds is 4. The molecule has 0 bridgehead atoms. The Kier molecular flexibility index (Phi) is 6.59. The third-order valence-electron chi connectivity index (χ3n) is 5.77. The van der Waals surface area contributed by atoms with Crippen LogP contribution in [0.3, 0.4) is 0 Å². The maximum atomic E-state index is 12.6. The van der Waals surface area contributed by atoms with Gasteiger partial charge in [-0.1, -0.05) is 0 Å². The number of carbonyl (C=O) groups excluding carboxylic acids is 3. The quantitative estimate of drug-likeness (QED) is 0.849. The van der Waals surface area contributed by atoms with Crippen molar-refractivity contribution >= 4 is 17.9 Å². The first kappa shape index (κ1) is 20.2. The third kappa shape index (κ3) is 4.48. The van der Waals surface area contributed by atoms with Crippen molar-refractivity contribution in [2.24, 2.45) is 5.92 Å². The van der Waals surface area contributed by atoms with Gasteiger partial charge in [-0.25, -0.2) is 4.79 Å². The van der Waals surface area contributed by atoms with Crippen LogP contribution >= 0.6 is 0 Å². The van der Waals surface area contributed by atoms with Crippen molar-refractivity contribution < 1.29 is 23.5 Å². The standard InChI is InChI=1S/C20H29N3O5/c1-14-16(8-12-28-14)19(25)22-10-6-15(7-11-22)13-21-18(24)17-5-3-4-9-23(17)20(26)27-2/h8,12,15,17H,3-7,9-11,13H2,1-2H3,(H,21,24). The molecule has 0 spiro atoms. The molecule has 8 nitrogen and oxygen atoms in total. The van der Waals surface area contributed by atoms with Crippen molar-refractivity contribution in [3.8, 4) is 0 Å². The monoisotopic (exact) mass is 391 g/mol. The summed E-state index contributed by atoms with van der Waals surface area (Å²) in [5.74, 6) is 0.859. The second-order valence-corrected chi connectivity index (χ2v) is 7.55. The molecule has 3 heterocycles. The van der Waals surface area contributed by atoms with Crippen LogP contribution in [0.15, 0.2) is 16.7 Å². The highest BCUT2D eigenvalue weighted by Gasteiger charge is 2.33. The minimum Gasteiger partial charge on any atom is -0.469 e. The predicted octanol–water partition coefficient (Wildman–Crippen LogP) is 2.18. The molecule has 1 unspecified atom stereocenters. The maximum absolute atomic E-state index is 12.6. The molecule has 1 aromatic heterocycles. The fraction of sp³-hybridized carbons (Fsp3) is 0.650. The molecule has 2 aliphatic rings. The number of amides is 3. The molecule has 2 fully saturated rings. The Bertz CT molecular complexity index is 708. The number of hydrogen-bond acceptors (Lipinski definition) is 5. The number of piperidine rings is 2. The Balaban J connectivity index is 1.46. The first-order chi connectivity index (χ1) is 13.5. The van der Waals surface area contributed by atoms with E-state index in [-0.39, 0.29) is 11.8 Å². The van der Waals surface area contributed by atoms with Gasteiger partial charge < -0.3 is 19.4 Å². The molecule has 1 N–H and O–H groups in total. The average molecular weight is 391 g/mol. The second-order valence-electron chi connectivity index (χ2n) is 7.55. The van der Waals surface area contributed by atoms with Gasteiger partial charge in [-0.3, -0.25) is 14.5 Å². The average Bonchev–Trinajstić information content (AvgIpc) is 3.17. The number of aryl methyl sites for hydroxylation is 1. The summed E-state index contributed by atoms with van der Waals surface area (Å²) < 4.78 is 10.0. The summed E-state index contributed by atoms with van der Waals surface area (Å²) in [5.41, 5.74) is 0.618. The molecule has 154 valence electrons. The van der Waals surface area contributed by atoms with E-state index in [4.69, 9.17) is 9.15 Å². The number of likely N-dealkylation sites (tertiary alicyclic amines) is 2. The molecule has 2 saturated heterocycles. The molecular weight excluding hydrogens is 362 g/mol. The van der Waals surface area contributed by atoms with Gasteiger partial charge in [0.15, 0.2) is 0 Å². The van der Waals surface area contributed by atoms with E-state index in [2.05, 4.69) is 5.32 Å². The normalized spacial score (nSPS) is 20.7. The van der Waals surface area contributed by atoms with E-state index < -0.39 is 12.1 Å². The Morgan fingerprint density at radius 1 is 1.18 bits per heavy atom. The van der Waals surface area contributed by atoms with E-state index in [0.29, 0.717) is 49.8 Å². The molecule has 0 aromatic carbocycles. The molecule has 0 aliphatic carbocycles. The van der Waals surface area contributed by atoms with Gasteiger partial charge in [-0.05, 0) is 51.0 Å². The number of ether oxygens (including phenoxy) is 1. The zero-order valence-electron chi connectivity index (χ0n) is 16.6. The molecular formula is C20H29N3O5. The Labute approximate surface area is 165 Å². The Hall–Kier alpha value is -2.51. The van der Waals surface area contributed by atoms with E-state index in [1.807, 2.05) is 4.90 Å². The zero-order chi connectivity index (χ0) is 20.1. The Morgan fingerprint density at radius 3 is 2.57 bits per heavy atom. The van der Waals surface area contributed by atoms with Crippen LogP contribution in [-0.4, -0.2) is 67.0 Å². The lowest BCUT2D eigenvalue weighted by Crippen LogP contribution is -2.52. The van der Waals surface area contributed by atoms with Crippen LogP contribution in [-0.2, 0) is 9.53 Å². The highest BCUT2D eigenvalue weighted by molar-refractivity contribution is 5.95. The number of methoxy groups -OCH3 is 1. The second kappa shape index (κ2) is 9.12. The number of hydrogen-bond donors (Lipinski definition) is 1. The summed E-state index contributed by atoms with van der Waals surface area (Å²) in [6.07, 6.45) is 5.26. The van der Waals surface area contributed by atoms with Gasteiger partial charge in [0, 0.05) is 26.2 Å². The lowest BCUT2D eigenvalue weighted by atomic mass is 9.95. The minimum absolute atomic E-state index is 0.00432. The maximum Gasteiger partial charge on any atom is 0.410 e. The van der Waals surface area contributed by atoms with Crippen LogP contribution in [0, 0.1) is 12.8 Å². The molecule has 8 heteroatoms. The highest BCUT2D eigenvalue weighted by Crippen LogP contribution is 2.21. The minimum atomic E-state index is -0.452. The van der Waals surface area contributed by atoms with Gasteiger partial charge in [-0.15, -0.1) is 0 Å². The van der Waals surface area contributed by atoms with Crippen LogP contribution in [0.25, 0.3) is 0 Å². The summed E-state index contributed by atoms with van der Waals surface area (Å²) in [5, 5.41) is 3.00. The molecule has 0 saturated carbocycles. The van der Waals surface area contributed by atoms with Crippen LogP contribution in [0.4, 0.5) is 4.79 Å². The number of carbonyl (C=O) groups is 3. The van der Waals surface area contributed by atoms with Crippen molar-refractivity contribution in [3.05, 3.63) is 23.7 Å². The van der Waals surface area contributed by atoms with E-state index >= 15 is 0 Å². The topological polar surface area (TPSA) is 92.1 Å². The molecule has 28 heavy (non-hydrogen) atoms. The van der Waals surface area contributed by atoms with Gasteiger partial charge >= 0.3 is 6.09 Å². The summed E-state index contributed by atoms with van der Waals surface area (Å²) >= 11 is 0. The predicted molar refractivity (Wildman–Crippen MR) is 102 cm³/mol. The summed E-state index contributed by atoms with van der Waals surface area (Å²) in [6, 6.07) is 1.26. The van der Waals surface area contributed by atoms with Gasteiger partial charge in [0.05, 0.1) is 18.9 Å². The summed E-state index contributed by atoms with van der Waals surface area (Å²) in [6.45, 7) is 4.25. The van der Waals surface area contributed by atoms with Gasteiger partial charge in [0.1, 0.15) is 11.8 Å². The van der Waals surface area contributed by atoms with Gasteiger partial charge in [-0.2, -0.15) is 0 Å². The van der Waals surface area contributed by atoms with Gasteiger partial charge in [0.2, 0.25) is 5.91 Å². The molecule has 1 atom stereocenters. The SMILES string of the molecule is COC(=O)N1CCCCC1C(=O)NCC1CCN(C(=O)c2ccoc2C)CC1. The van der Waals surface area contributed by atoms with Crippen LogP contribution in [0.2, 0.25) is 0 Å². The molecule has 1 aromatic rings.